The molecule has 0 radical (unpaired) electrons. The first-order valence-electron chi connectivity index (χ1n) is 6.91. The third-order valence-corrected chi connectivity index (χ3v) is 3.66. The molecule has 1 aromatic carbocycles. The molecule has 0 saturated carbocycles. The summed E-state index contributed by atoms with van der Waals surface area (Å²) in [5, 5.41) is 0. The van der Waals surface area contributed by atoms with Crippen molar-refractivity contribution >= 4 is 11.8 Å². The topological polar surface area (TPSA) is 48.3 Å². The Morgan fingerprint density at radius 3 is 2.33 bits per heavy atom. The average Bonchev–Trinajstić information content (AvgIpc) is 2.70. The monoisotopic (exact) mass is 285 g/mol. The Bertz CT molecular complexity index is 684. The number of nitrogens with zero attached hydrogens (tertiary/aromatic N) is 1. The van der Waals surface area contributed by atoms with Crippen LogP contribution in [-0.4, -0.2) is 22.9 Å². The summed E-state index contributed by atoms with van der Waals surface area (Å²) in [5.41, 5.74) is 3.07. The van der Waals surface area contributed by atoms with Crippen LogP contribution in [0.5, 0.6) is 0 Å². The largest absolute Gasteiger partial charge is 0.461 e. The van der Waals surface area contributed by atoms with Crippen molar-refractivity contribution in [3.05, 3.63) is 58.4 Å². The van der Waals surface area contributed by atoms with Crippen LogP contribution in [-0.2, 0) is 11.8 Å². The van der Waals surface area contributed by atoms with Gasteiger partial charge in [0.05, 0.1) is 6.61 Å². The number of benzene rings is 1. The molecule has 0 aliphatic rings. The van der Waals surface area contributed by atoms with Gasteiger partial charge in [0.2, 0.25) is 0 Å². The van der Waals surface area contributed by atoms with Crippen LogP contribution in [0.25, 0.3) is 0 Å². The fraction of sp³-hybridized carbons (Fsp3) is 0.294. The van der Waals surface area contributed by atoms with Crippen molar-refractivity contribution in [2.24, 2.45) is 7.05 Å². The van der Waals surface area contributed by atoms with Gasteiger partial charge in [0.15, 0.2) is 5.78 Å². The molecule has 0 aliphatic heterocycles. The van der Waals surface area contributed by atoms with Gasteiger partial charge in [-0.1, -0.05) is 30.3 Å². The molecule has 1 heterocycles. The molecule has 0 atom stereocenters. The molecule has 0 bridgehead atoms. The predicted molar refractivity (Wildman–Crippen MR) is 80.7 cm³/mol. The van der Waals surface area contributed by atoms with Gasteiger partial charge in [0.25, 0.3) is 0 Å². The van der Waals surface area contributed by atoms with Crippen LogP contribution in [0.1, 0.15) is 44.6 Å². The average molecular weight is 285 g/mol. The van der Waals surface area contributed by atoms with Gasteiger partial charge >= 0.3 is 5.97 Å². The number of ketones is 1. The second kappa shape index (κ2) is 5.95. The van der Waals surface area contributed by atoms with E-state index in [1.807, 2.05) is 25.1 Å². The van der Waals surface area contributed by atoms with Crippen molar-refractivity contribution < 1.29 is 14.3 Å². The highest BCUT2D eigenvalue weighted by molar-refractivity contribution is 6.12. The summed E-state index contributed by atoms with van der Waals surface area (Å²) < 4.78 is 6.80. The number of hydrogen-bond donors (Lipinski definition) is 0. The fourth-order valence-electron chi connectivity index (χ4n) is 2.53. The Morgan fingerprint density at radius 1 is 1.14 bits per heavy atom. The maximum Gasteiger partial charge on any atom is 0.355 e. The van der Waals surface area contributed by atoms with E-state index >= 15 is 0 Å². The summed E-state index contributed by atoms with van der Waals surface area (Å²) in [6, 6.07) is 9.07. The van der Waals surface area contributed by atoms with Crippen molar-refractivity contribution in [3.63, 3.8) is 0 Å². The minimum atomic E-state index is -0.396. The molecule has 2 rings (SSSR count). The van der Waals surface area contributed by atoms with Gasteiger partial charge in [-0.05, 0) is 26.3 Å². The lowest BCUT2D eigenvalue weighted by Crippen LogP contribution is -2.11. The molecule has 4 heteroatoms. The number of carbonyl (C=O) groups is 2. The lowest BCUT2D eigenvalue weighted by atomic mass is 10.00. The molecule has 0 fully saturated rings. The maximum absolute atomic E-state index is 12.7. The number of carbonyl (C=O) groups excluding carboxylic acids is 2. The summed E-state index contributed by atoms with van der Waals surface area (Å²) in [6.45, 7) is 5.70. The van der Waals surface area contributed by atoms with Gasteiger partial charge in [-0.25, -0.2) is 4.79 Å². The highest BCUT2D eigenvalue weighted by Gasteiger charge is 2.25. The van der Waals surface area contributed by atoms with Gasteiger partial charge in [0.1, 0.15) is 5.69 Å². The summed E-state index contributed by atoms with van der Waals surface area (Å²) in [4.78, 5) is 24.7. The minimum absolute atomic E-state index is 0.0725. The number of aromatic nitrogens is 1. The van der Waals surface area contributed by atoms with E-state index in [2.05, 4.69) is 0 Å². The number of ether oxygens (including phenoxy) is 1. The first kappa shape index (κ1) is 15.0. The van der Waals surface area contributed by atoms with Gasteiger partial charge in [-0.3, -0.25) is 4.79 Å². The zero-order valence-electron chi connectivity index (χ0n) is 12.8. The van der Waals surface area contributed by atoms with Crippen LogP contribution in [0.2, 0.25) is 0 Å². The van der Waals surface area contributed by atoms with Crippen molar-refractivity contribution in [2.75, 3.05) is 6.61 Å². The Kier molecular flexibility index (Phi) is 4.26. The molecule has 0 N–H and O–H groups in total. The van der Waals surface area contributed by atoms with Crippen molar-refractivity contribution in [3.8, 4) is 0 Å². The Hall–Kier alpha value is -2.36. The van der Waals surface area contributed by atoms with Crippen molar-refractivity contribution in [1.29, 1.82) is 0 Å². The standard InChI is InChI=1S/C17H19NO3/c1-5-21-17(20)15-11(2)14(12(3)18(15)4)16(19)13-9-7-6-8-10-13/h6-10H,5H2,1-4H3. The molecule has 0 spiro atoms. The van der Waals surface area contributed by atoms with Gasteiger partial charge in [-0.2, -0.15) is 0 Å². The molecule has 0 aliphatic carbocycles. The van der Waals surface area contributed by atoms with Crippen LogP contribution < -0.4 is 0 Å². The molecule has 2 aromatic rings. The zero-order valence-corrected chi connectivity index (χ0v) is 12.8. The Labute approximate surface area is 124 Å². The molecule has 1 aromatic heterocycles. The van der Waals surface area contributed by atoms with E-state index in [0.717, 1.165) is 5.69 Å². The van der Waals surface area contributed by atoms with E-state index in [0.29, 0.717) is 29.0 Å². The number of esters is 1. The van der Waals surface area contributed by atoms with Gasteiger partial charge < -0.3 is 9.30 Å². The smallest absolute Gasteiger partial charge is 0.355 e. The van der Waals surface area contributed by atoms with E-state index in [9.17, 15) is 9.59 Å². The molecule has 4 nitrogen and oxygen atoms in total. The molecular formula is C17H19NO3. The van der Waals surface area contributed by atoms with Crippen LogP contribution >= 0.6 is 0 Å². The summed E-state index contributed by atoms with van der Waals surface area (Å²) in [6.07, 6.45) is 0. The molecule has 110 valence electrons. The summed E-state index contributed by atoms with van der Waals surface area (Å²) in [5.74, 6) is -0.468. The second-order valence-corrected chi connectivity index (χ2v) is 4.91. The highest BCUT2D eigenvalue weighted by atomic mass is 16.5. The van der Waals surface area contributed by atoms with Gasteiger partial charge in [-0.15, -0.1) is 0 Å². The van der Waals surface area contributed by atoms with E-state index in [1.165, 1.54) is 0 Å². The third-order valence-electron chi connectivity index (χ3n) is 3.66. The van der Waals surface area contributed by atoms with Crippen molar-refractivity contribution in [2.45, 2.75) is 20.8 Å². The molecule has 21 heavy (non-hydrogen) atoms. The Morgan fingerprint density at radius 2 is 1.76 bits per heavy atom. The summed E-state index contributed by atoms with van der Waals surface area (Å²) >= 11 is 0. The van der Waals surface area contributed by atoms with Crippen LogP contribution in [0.4, 0.5) is 0 Å². The SMILES string of the molecule is CCOC(=O)c1c(C)c(C(=O)c2ccccc2)c(C)n1C. The third kappa shape index (κ3) is 2.61. The number of rotatable bonds is 4. The minimum Gasteiger partial charge on any atom is -0.461 e. The van der Waals surface area contributed by atoms with Crippen LogP contribution in [0.3, 0.4) is 0 Å². The zero-order chi connectivity index (χ0) is 15.6. The van der Waals surface area contributed by atoms with E-state index < -0.39 is 5.97 Å². The molecular weight excluding hydrogens is 266 g/mol. The first-order chi connectivity index (χ1) is 9.99. The maximum atomic E-state index is 12.7. The van der Waals surface area contributed by atoms with E-state index in [-0.39, 0.29) is 5.78 Å². The predicted octanol–water partition coefficient (Wildman–Crippen LogP) is 3.05. The van der Waals surface area contributed by atoms with Crippen molar-refractivity contribution in [1.82, 2.24) is 4.57 Å². The highest BCUT2D eigenvalue weighted by Crippen LogP contribution is 2.24. The first-order valence-corrected chi connectivity index (χ1v) is 6.91. The molecule has 0 saturated heterocycles. The van der Waals surface area contributed by atoms with Crippen LogP contribution in [0.15, 0.2) is 30.3 Å². The fourth-order valence-corrected chi connectivity index (χ4v) is 2.53. The molecule has 0 unspecified atom stereocenters. The second-order valence-electron chi connectivity index (χ2n) is 4.91. The van der Waals surface area contributed by atoms with Crippen LogP contribution in [0, 0.1) is 13.8 Å². The lowest BCUT2D eigenvalue weighted by Gasteiger charge is -2.05. The van der Waals surface area contributed by atoms with Gasteiger partial charge in [0, 0.05) is 23.9 Å². The number of hydrogen-bond acceptors (Lipinski definition) is 3. The lowest BCUT2D eigenvalue weighted by molar-refractivity contribution is 0.0514. The quantitative estimate of drug-likeness (QED) is 0.641. The summed E-state index contributed by atoms with van der Waals surface area (Å²) in [7, 11) is 1.77. The van der Waals surface area contributed by atoms with E-state index in [4.69, 9.17) is 4.74 Å². The van der Waals surface area contributed by atoms with E-state index in [1.54, 1.807) is 37.6 Å². The Balaban J connectivity index is 2.54. The molecule has 0 amide bonds. The normalized spacial score (nSPS) is 10.5.